The van der Waals surface area contributed by atoms with Crippen LogP contribution >= 0.6 is 0 Å². The van der Waals surface area contributed by atoms with Crippen LogP contribution in [-0.4, -0.2) is 48.2 Å². The molecule has 2 rings (SSSR count). The number of aliphatic carboxylic acids is 1. The van der Waals surface area contributed by atoms with Gasteiger partial charge in [-0.25, -0.2) is 0 Å². The number of rotatable bonds is 10. The van der Waals surface area contributed by atoms with Crippen LogP contribution in [-0.2, 0) is 19.1 Å². The van der Waals surface area contributed by atoms with Gasteiger partial charge in [-0.1, -0.05) is 33.1 Å². The van der Waals surface area contributed by atoms with Crippen molar-refractivity contribution in [3.05, 3.63) is 0 Å². The molecule has 3 N–H and O–H groups in total. The summed E-state index contributed by atoms with van der Waals surface area (Å²) in [5, 5.41) is 14.7. The third-order valence-corrected chi connectivity index (χ3v) is 5.80. The summed E-state index contributed by atoms with van der Waals surface area (Å²) in [7, 11) is 0. The summed E-state index contributed by atoms with van der Waals surface area (Å²) in [4.78, 5) is 36.1. The predicted molar refractivity (Wildman–Crippen MR) is 101 cm³/mol. The molecule has 2 fully saturated rings. The highest BCUT2D eigenvalue weighted by molar-refractivity contribution is 5.89. The van der Waals surface area contributed by atoms with Gasteiger partial charge in [-0.2, -0.15) is 0 Å². The van der Waals surface area contributed by atoms with Crippen molar-refractivity contribution in [2.45, 2.75) is 77.9 Å². The minimum atomic E-state index is -0.882. The van der Waals surface area contributed by atoms with Crippen molar-refractivity contribution in [3.63, 3.8) is 0 Å². The van der Waals surface area contributed by atoms with Gasteiger partial charge in [0.15, 0.2) is 0 Å². The zero-order valence-corrected chi connectivity index (χ0v) is 16.8. The number of carboxylic acid groups (broad SMARTS) is 1. The molecule has 0 aromatic carbocycles. The lowest BCUT2D eigenvalue weighted by Gasteiger charge is -2.28. The fourth-order valence-electron chi connectivity index (χ4n) is 3.44. The highest BCUT2D eigenvalue weighted by Crippen LogP contribution is 2.45. The Kier molecular flexibility index (Phi) is 7.65. The van der Waals surface area contributed by atoms with Gasteiger partial charge in [0.05, 0.1) is 11.5 Å². The molecule has 7 heteroatoms. The van der Waals surface area contributed by atoms with Crippen LogP contribution in [0.3, 0.4) is 0 Å². The summed E-state index contributed by atoms with van der Waals surface area (Å²) < 4.78 is 5.95. The van der Waals surface area contributed by atoms with Crippen LogP contribution < -0.4 is 10.6 Å². The van der Waals surface area contributed by atoms with E-state index in [9.17, 15) is 19.5 Å². The quantitative estimate of drug-likeness (QED) is 0.537. The Labute approximate surface area is 161 Å². The first-order valence-electron chi connectivity index (χ1n) is 10.2. The van der Waals surface area contributed by atoms with Crippen LogP contribution in [0.25, 0.3) is 0 Å². The average Bonchev–Trinajstić information content (AvgIpc) is 3.44. The zero-order chi connectivity index (χ0) is 20.0. The summed E-state index contributed by atoms with van der Waals surface area (Å²) in [5.41, 5.74) is -0.839. The van der Waals surface area contributed by atoms with Crippen LogP contribution in [0, 0.1) is 17.3 Å². The maximum absolute atomic E-state index is 12.7. The second-order valence-electron chi connectivity index (χ2n) is 8.49. The minimum absolute atomic E-state index is 0.0879. The molecular weight excluding hydrogens is 348 g/mol. The van der Waals surface area contributed by atoms with Gasteiger partial charge in [0.25, 0.3) is 0 Å². The number of carbonyl (C=O) groups excluding carboxylic acids is 2. The number of carbonyl (C=O) groups is 3. The summed E-state index contributed by atoms with van der Waals surface area (Å²) in [6.45, 7) is 5.99. The van der Waals surface area contributed by atoms with Crippen LogP contribution in [0.1, 0.15) is 65.7 Å². The third-order valence-electron chi connectivity index (χ3n) is 5.80. The molecule has 2 atom stereocenters. The van der Waals surface area contributed by atoms with Crippen molar-refractivity contribution in [2.75, 3.05) is 13.2 Å². The van der Waals surface area contributed by atoms with E-state index in [1.807, 2.05) is 0 Å². The Morgan fingerprint density at radius 1 is 1.07 bits per heavy atom. The molecule has 0 bridgehead atoms. The number of ether oxygens (including phenoxy) is 1. The maximum atomic E-state index is 12.7. The fourth-order valence-corrected chi connectivity index (χ4v) is 3.44. The SMILES string of the molecule is CC(C)C(=O)NC(C(=O)NCC1(C(=O)O)CC1)C(C)OCC1CCCCC1. The van der Waals surface area contributed by atoms with Gasteiger partial charge in [0, 0.05) is 19.1 Å². The third kappa shape index (κ3) is 6.19. The molecule has 0 aromatic rings. The monoisotopic (exact) mass is 382 g/mol. The first-order valence-corrected chi connectivity index (χ1v) is 10.2. The fraction of sp³-hybridized carbons (Fsp3) is 0.850. The van der Waals surface area contributed by atoms with Crippen LogP contribution in [0.15, 0.2) is 0 Å². The van der Waals surface area contributed by atoms with Crippen molar-refractivity contribution in [3.8, 4) is 0 Å². The van der Waals surface area contributed by atoms with E-state index in [1.165, 1.54) is 19.3 Å². The molecule has 0 heterocycles. The van der Waals surface area contributed by atoms with Crippen molar-refractivity contribution in [2.24, 2.45) is 17.3 Å². The van der Waals surface area contributed by atoms with Crippen molar-refractivity contribution in [1.29, 1.82) is 0 Å². The zero-order valence-electron chi connectivity index (χ0n) is 16.8. The topological polar surface area (TPSA) is 105 Å². The lowest BCUT2D eigenvalue weighted by atomic mass is 9.90. The van der Waals surface area contributed by atoms with E-state index in [4.69, 9.17) is 4.74 Å². The minimum Gasteiger partial charge on any atom is -0.481 e. The summed E-state index contributed by atoms with van der Waals surface area (Å²) >= 11 is 0. The molecule has 2 aliphatic rings. The van der Waals surface area contributed by atoms with E-state index in [1.54, 1.807) is 20.8 Å². The molecular formula is C20H34N2O5. The number of carboxylic acids is 1. The van der Waals surface area contributed by atoms with Crippen molar-refractivity contribution in [1.82, 2.24) is 10.6 Å². The first-order chi connectivity index (χ1) is 12.7. The van der Waals surface area contributed by atoms with Crippen LogP contribution in [0.2, 0.25) is 0 Å². The second-order valence-corrected chi connectivity index (χ2v) is 8.49. The molecule has 0 aliphatic heterocycles. The number of nitrogens with one attached hydrogen (secondary N) is 2. The van der Waals surface area contributed by atoms with Crippen LogP contribution in [0.5, 0.6) is 0 Å². The van der Waals surface area contributed by atoms with Gasteiger partial charge in [-0.15, -0.1) is 0 Å². The van der Waals surface area contributed by atoms with Gasteiger partial charge >= 0.3 is 5.97 Å². The summed E-state index contributed by atoms with van der Waals surface area (Å²) in [5.74, 6) is -1.23. The molecule has 0 aromatic heterocycles. The van der Waals surface area contributed by atoms with Gasteiger partial charge in [-0.05, 0) is 38.5 Å². The second kappa shape index (κ2) is 9.53. The van der Waals surface area contributed by atoms with E-state index in [2.05, 4.69) is 10.6 Å². The number of hydrogen-bond acceptors (Lipinski definition) is 4. The Balaban J connectivity index is 1.92. The van der Waals surface area contributed by atoms with Crippen molar-refractivity contribution < 1.29 is 24.2 Å². The van der Waals surface area contributed by atoms with Gasteiger partial charge in [0.1, 0.15) is 6.04 Å². The normalized spacial score (nSPS) is 21.3. The highest BCUT2D eigenvalue weighted by atomic mass is 16.5. The standard InChI is InChI=1S/C20H34N2O5/c1-13(2)17(23)22-16(14(3)27-11-15-7-5-4-6-8-15)18(24)21-12-20(9-10-20)19(25)26/h13-16H,4-12H2,1-3H3,(H,21,24)(H,22,23)(H,25,26). The van der Waals surface area contributed by atoms with E-state index in [-0.39, 0.29) is 24.3 Å². The van der Waals surface area contributed by atoms with E-state index >= 15 is 0 Å². The average molecular weight is 383 g/mol. The molecule has 27 heavy (non-hydrogen) atoms. The largest absolute Gasteiger partial charge is 0.481 e. The Hall–Kier alpha value is -1.63. The maximum Gasteiger partial charge on any atom is 0.311 e. The molecule has 0 spiro atoms. The van der Waals surface area contributed by atoms with Gasteiger partial charge < -0.3 is 20.5 Å². The first kappa shape index (κ1) is 21.7. The number of amides is 2. The van der Waals surface area contributed by atoms with Crippen LogP contribution in [0.4, 0.5) is 0 Å². The smallest absolute Gasteiger partial charge is 0.311 e. The number of hydrogen-bond donors (Lipinski definition) is 3. The molecule has 2 saturated carbocycles. The predicted octanol–water partition coefficient (Wildman–Crippen LogP) is 2.09. The highest BCUT2D eigenvalue weighted by Gasteiger charge is 2.50. The summed E-state index contributed by atoms with van der Waals surface area (Å²) in [6.07, 6.45) is 6.65. The van der Waals surface area contributed by atoms with E-state index in [0.29, 0.717) is 25.4 Å². The lowest BCUT2D eigenvalue weighted by molar-refractivity contribution is -0.143. The van der Waals surface area contributed by atoms with Gasteiger partial charge in [-0.3, -0.25) is 14.4 Å². The molecule has 7 nitrogen and oxygen atoms in total. The molecule has 2 amide bonds. The molecule has 0 saturated heterocycles. The Morgan fingerprint density at radius 2 is 1.70 bits per heavy atom. The van der Waals surface area contributed by atoms with E-state index < -0.39 is 23.5 Å². The molecule has 0 radical (unpaired) electrons. The Bertz CT molecular complexity index is 538. The van der Waals surface area contributed by atoms with Gasteiger partial charge in [0.2, 0.25) is 11.8 Å². The molecule has 2 aliphatic carbocycles. The summed E-state index contributed by atoms with van der Waals surface area (Å²) in [6, 6.07) is -0.826. The molecule has 2 unspecified atom stereocenters. The molecule has 154 valence electrons. The van der Waals surface area contributed by atoms with Crippen molar-refractivity contribution >= 4 is 17.8 Å². The lowest BCUT2D eigenvalue weighted by Crippen LogP contribution is -2.55. The Morgan fingerprint density at radius 3 is 2.22 bits per heavy atom. The van der Waals surface area contributed by atoms with E-state index in [0.717, 1.165) is 12.8 Å².